The van der Waals surface area contributed by atoms with E-state index in [4.69, 9.17) is 0 Å². The van der Waals surface area contributed by atoms with E-state index in [1.165, 1.54) is 56.5 Å². The summed E-state index contributed by atoms with van der Waals surface area (Å²) in [4.78, 5) is 29.9. The summed E-state index contributed by atoms with van der Waals surface area (Å²) in [6.45, 7) is 6.29. The van der Waals surface area contributed by atoms with Gasteiger partial charge in [-0.25, -0.2) is 4.98 Å². The minimum absolute atomic E-state index is 0.139. The molecule has 6 nitrogen and oxygen atoms in total. The van der Waals surface area contributed by atoms with Crippen molar-refractivity contribution in [3.05, 3.63) is 41.2 Å². The van der Waals surface area contributed by atoms with Gasteiger partial charge in [0, 0.05) is 38.4 Å². The molecule has 1 saturated carbocycles. The van der Waals surface area contributed by atoms with E-state index >= 15 is 0 Å². The van der Waals surface area contributed by atoms with Crippen molar-refractivity contribution in [1.82, 2.24) is 19.8 Å². The number of thiazole rings is 1. The van der Waals surface area contributed by atoms with Gasteiger partial charge in [0.05, 0.1) is 18.4 Å². The van der Waals surface area contributed by atoms with Crippen LogP contribution in [-0.4, -0.2) is 64.4 Å². The quantitative estimate of drug-likeness (QED) is 0.670. The van der Waals surface area contributed by atoms with Crippen LogP contribution in [0.15, 0.2) is 30.6 Å². The second-order valence-electron chi connectivity index (χ2n) is 10.1. The molecule has 2 aromatic heterocycles. The van der Waals surface area contributed by atoms with Crippen LogP contribution in [0, 0.1) is 5.41 Å². The number of aromatic nitrogens is 2. The largest absolute Gasteiger partial charge is 0.345 e. The zero-order valence-electron chi connectivity index (χ0n) is 19.4. The number of pyridine rings is 1. The third-order valence-electron chi connectivity index (χ3n) is 7.89. The second kappa shape index (κ2) is 9.10. The minimum Gasteiger partial charge on any atom is -0.345 e. The highest BCUT2D eigenvalue weighted by Crippen LogP contribution is 2.48. The van der Waals surface area contributed by atoms with Crippen LogP contribution in [0.4, 0.5) is 5.13 Å². The van der Waals surface area contributed by atoms with Gasteiger partial charge in [-0.05, 0) is 69.5 Å². The minimum atomic E-state index is 0.139. The third kappa shape index (κ3) is 4.42. The van der Waals surface area contributed by atoms with Crippen molar-refractivity contribution in [2.75, 3.05) is 31.6 Å². The molecule has 0 bridgehead atoms. The Labute approximate surface area is 195 Å². The molecule has 1 aliphatic carbocycles. The first-order valence-corrected chi connectivity index (χ1v) is 13.0. The van der Waals surface area contributed by atoms with Crippen molar-refractivity contribution < 1.29 is 4.79 Å². The Morgan fingerprint density at radius 2 is 2.06 bits per heavy atom. The van der Waals surface area contributed by atoms with E-state index in [0.29, 0.717) is 18.0 Å². The molecule has 0 radical (unpaired) electrons. The molecular formula is C25H35N5OS. The zero-order valence-corrected chi connectivity index (χ0v) is 20.2. The number of carbonyl (C=O) groups excluding carboxylic acids is 1. The number of amides is 1. The maximum absolute atomic E-state index is 13.3. The third-order valence-corrected chi connectivity index (χ3v) is 8.99. The highest BCUT2D eigenvalue weighted by Gasteiger charge is 2.43. The first-order valence-electron chi connectivity index (χ1n) is 12.1. The molecule has 4 heterocycles. The van der Waals surface area contributed by atoms with Gasteiger partial charge in [0.1, 0.15) is 4.88 Å². The number of hydrogen-bond donors (Lipinski definition) is 0. The van der Waals surface area contributed by atoms with Crippen molar-refractivity contribution in [3.63, 3.8) is 0 Å². The summed E-state index contributed by atoms with van der Waals surface area (Å²) >= 11 is 1.49. The Hall–Kier alpha value is -1.99. The summed E-state index contributed by atoms with van der Waals surface area (Å²) in [5.74, 6) is 0.139. The average Bonchev–Trinajstić information content (AvgIpc) is 3.29. The van der Waals surface area contributed by atoms with E-state index in [9.17, 15) is 4.79 Å². The van der Waals surface area contributed by atoms with Gasteiger partial charge >= 0.3 is 0 Å². The molecule has 2 atom stereocenters. The molecule has 5 rings (SSSR count). The number of nitrogens with zero attached hydrogens (tertiary/aromatic N) is 5. The lowest BCUT2D eigenvalue weighted by atomic mass is 9.64. The normalized spacial score (nSPS) is 25.5. The van der Waals surface area contributed by atoms with Gasteiger partial charge in [-0.15, -0.1) is 0 Å². The molecule has 2 unspecified atom stereocenters. The van der Waals surface area contributed by atoms with Crippen molar-refractivity contribution in [3.8, 4) is 0 Å². The van der Waals surface area contributed by atoms with Crippen LogP contribution in [-0.2, 0) is 6.54 Å². The fourth-order valence-electron chi connectivity index (χ4n) is 5.91. The molecule has 7 heteroatoms. The molecule has 2 aliphatic heterocycles. The Balaban J connectivity index is 1.18. The van der Waals surface area contributed by atoms with Gasteiger partial charge in [-0.3, -0.25) is 14.7 Å². The van der Waals surface area contributed by atoms with Crippen LogP contribution in [0.3, 0.4) is 0 Å². The predicted molar refractivity (Wildman–Crippen MR) is 129 cm³/mol. The summed E-state index contributed by atoms with van der Waals surface area (Å²) in [5.41, 5.74) is 1.63. The lowest BCUT2D eigenvalue weighted by Gasteiger charge is -2.52. The second-order valence-corrected chi connectivity index (χ2v) is 11.1. The Morgan fingerprint density at radius 3 is 2.78 bits per heavy atom. The van der Waals surface area contributed by atoms with Crippen molar-refractivity contribution >= 4 is 22.4 Å². The van der Waals surface area contributed by atoms with E-state index in [2.05, 4.69) is 31.6 Å². The van der Waals surface area contributed by atoms with E-state index < -0.39 is 0 Å². The van der Waals surface area contributed by atoms with E-state index in [-0.39, 0.29) is 11.9 Å². The summed E-state index contributed by atoms with van der Waals surface area (Å²) in [5, 5.41) is 0.862. The molecule has 32 heavy (non-hydrogen) atoms. The molecule has 2 aromatic rings. The van der Waals surface area contributed by atoms with Gasteiger partial charge in [-0.1, -0.05) is 23.8 Å². The van der Waals surface area contributed by atoms with Crippen LogP contribution < -0.4 is 4.90 Å². The maximum atomic E-state index is 13.3. The standard InChI is InChI=1S/C25H35N5OS/c1-19-15-21(29-13-6-11-25(18-29)9-5-10-25)8-14-30(19)23(31)22-16-27-24(32-22)28(2)17-20-7-3-4-12-26-20/h3-4,7,12,16,19,21H,5-6,8-11,13-15,17-18H2,1-2H3. The first kappa shape index (κ1) is 21.8. The topological polar surface area (TPSA) is 52.6 Å². The number of hydrogen-bond acceptors (Lipinski definition) is 6. The fraction of sp³-hybridized carbons (Fsp3) is 0.640. The zero-order chi connectivity index (χ0) is 22.1. The molecule has 0 N–H and O–H groups in total. The van der Waals surface area contributed by atoms with E-state index in [1.807, 2.05) is 25.2 Å². The number of piperidine rings is 2. The van der Waals surface area contributed by atoms with Crippen LogP contribution in [0.25, 0.3) is 0 Å². The molecule has 1 amide bonds. The van der Waals surface area contributed by atoms with E-state index in [1.54, 1.807) is 12.4 Å². The molecule has 0 aromatic carbocycles. The fourth-order valence-corrected chi connectivity index (χ4v) is 6.74. The molecule has 172 valence electrons. The number of likely N-dealkylation sites (tertiary alicyclic amines) is 2. The monoisotopic (exact) mass is 453 g/mol. The summed E-state index contributed by atoms with van der Waals surface area (Å²) in [6, 6.07) is 6.83. The molecule has 3 fully saturated rings. The van der Waals surface area contributed by atoms with Crippen molar-refractivity contribution in [1.29, 1.82) is 0 Å². The highest BCUT2D eigenvalue weighted by molar-refractivity contribution is 7.17. The van der Waals surface area contributed by atoms with Crippen LogP contribution in [0.5, 0.6) is 0 Å². The van der Waals surface area contributed by atoms with Gasteiger partial charge in [0.25, 0.3) is 5.91 Å². The maximum Gasteiger partial charge on any atom is 0.265 e. The summed E-state index contributed by atoms with van der Waals surface area (Å²) in [6.07, 6.45) is 12.8. The van der Waals surface area contributed by atoms with Crippen LogP contribution in [0.1, 0.15) is 67.2 Å². The van der Waals surface area contributed by atoms with Gasteiger partial charge < -0.3 is 9.80 Å². The number of anilines is 1. The van der Waals surface area contributed by atoms with Gasteiger partial charge in [-0.2, -0.15) is 0 Å². The smallest absolute Gasteiger partial charge is 0.265 e. The Bertz CT molecular complexity index is 927. The number of carbonyl (C=O) groups is 1. The molecular weight excluding hydrogens is 418 g/mol. The SMILES string of the molecule is CC1CC(N2CCCC3(CCC3)C2)CCN1C(=O)c1cnc(N(C)Cc2ccccn2)s1. The van der Waals surface area contributed by atoms with Gasteiger partial charge in [0.15, 0.2) is 5.13 Å². The Morgan fingerprint density at radius 1 is 1.22 bits per heavy atom. The molecule has 3 aliphatic rings. The Kier molecular flexibility index (Phi) is 6.21. The predicted octanol–water partition coefficient (Wildman–Crippen LogP) is 4.43. The average molecular weight is 454 g/mol. The number of rotatable bonds is 5. The van der Waals surface area contributed by atoms with E-state index in [0.717, 1.165) is 35.1 Å². The van der Waals surface area contributed by atoms with Crippen LogP contribution >= 0.6 is 11.3 Å². The molecule has 2 saturated heterocycles. The van der Waals surface area contributed by atoms with Gasteiger partial charge in [0.2, 0.25) is 0 Å². The first-order chi connectivity index (χ1) is 15.5. The summed E-state index contributed by atoms with van der Waals surface area (Å²) in [7, 11) is 2.00. The lowest BCUT2D eigenvalue weighted by Crippen LogP contribution is -2.55. The van der Waals surface area contributed by atoms with Crippen molar-refractivity contribution in [2.45, 2.75) is 70.5 Å². The van der Waals surface area contributed by atoms with Crippen LogP contribution in [0.2, 0.25) is 0 Å². The summed E-state index contributed by atoms with van der Waals surface area (Å²) < 4.78 is 0. The lowest BCUT2D eigenvalue weighted by molar-refractivity contribution is -0.0200. The van der Waals surface area contributed by atoms with Crippen molar-refractivity contribution in [2.24, 2.45) is 5.41 Å². The molecule has 1 spiro atoms. The highest BCUT2D eigenvalue weighted by atomic mass is 32.1.